The molecule has 0 N–H and O–H groups in total. The van der Waals surface area contributed by atoms with Crippen molar-refractivity contribution in [3.05, 3.63) is 32.8 Å². The molecule has 0 aliphatic rings. The van der Waals surface area contributed by atoms with E-state index in [1.165, 1.54) is 12.1 Å². The zero-order valence-electron chi connectivity index (χ0n) is 12.6. The topological polar surface area (TPSA) is 72.7 Å². The number of hydrogen-bond donors (Lipinski definition) is 0. The van der Waals surface area contributed by atoms with Crippen LogP contribution in [0, 0.1) is 10.1 Å². The van der Waals surface area contributed by atoms with E-state index < -0.39 is 10.9 Å². The van der Waals surface area contributed by atoms with Gasteiger partial charge in [0.2, 0.25) is 0 Å². The van der Waals surface area contributed by atoms with Crippen LogP contribution >= 0.6 is 11.6 Å². The Morgan fingerprint density at radius 3 is 2.38 bits per heavy atom. The Morgan fingerprint density at radius 2 is 1.95 bits per heavy atom. The Labute approximate surface area is 128 Å². The number of halogens is 1. The summed E-state index contributed by atoms with van der Waals surface area (Å²) < 4.78 is 5.05. The summed E-state index contributed by atoms with van der Waals surface area (Å²) in [7, 11) is 0. The van der Waals surface area contributed by atoms with E-state index in [-0.39, 0.29) is 22.4 Å². The zero-order valence-corrected chi connectivity index (χ0v) is 13.3. The van der Waals surface area contributed by atoms with Crippen molar-refractivity contribution in [3.8, 4) is 0 Å². The van der Waals surface area contributed by atoms with Crippen molar-refractivity contribution in [2.45, 2.75) is 33.8 Å². The first-order valence-corrected chi connectivity index (χ1v) is 7.13. The average Bonchev–Trinajstić information content (AvgIpc) is 2.40. The van der Waals surface area contributed by atoms with Crippen LogP contribution < -0.4 is 4.90 Å². The third kappa shape index (κ3) is 4.07. The molecule has 1 rings (SSSR count). The number of esters is 1. The summed E-state index contributed by atoms with van der Waals surface area (Å²) in [5.41, 5.74) is 0.214. The molecule has 0 spiro atoms. The van der Waals surface area contributed by atoms with Crippen molar-refractivity contribution in [2.24, 2.45) is 0 Å². The smallest absolute Gasteiger partial charge is 0.338 e. The van der Waals surface area contributed by atoms with Gasteiger partial charge in [-0.2, -0.15) is 0 Å². The van der Waals surface area contributed by atoms with E-state index in [9.17, 15) is 14.9 Å². The highest BCUT2D eigenvalue weighted by Gasteiger charge is 2.25. The van der Waals surface area contributed by atoms with Crippen molar-refractivity contribution in [1.82, 2.24) is 0 Å². The summed E-state index contributed by atoms with van der Waals surface area (Å²) >= 11 is 6.16. The summed E-state index contributed by atoms with van der Waals surface area (Å²) in [6.45, 7) is 8.32. The largest absolute Gasteiger partial charge is 0.459 e. The van der Waals surface area contributed by atoms with Crippen LogP contribution in [0.1, 0.15) is 38.1 Å². The molecular formula is C14H19ClN2O4. The number of hydrogen-bond acceptors (Lipinski definition) is 5. The molecule has 0 saturated heterocycles. The maximum atomic E-state index is 11.9. The number of carbonyl (C=O) groups is 1. The van der Waals surface area contributed by atoms with Gasteiger partial charge in [-0.15, -0.1) is 0 Å². The Bertz CT molecular complexity index is 542. The molecule has 1 aromatic rings. The molecule has 7 heteroatoms. The highest BCUT2D eigenvalue weighted by molar-refractivity contribution is 6.34. The fraction of sp³-hybridized carbons (Fsp3) is 0.500. The van der Waals surface area contributed by atoms with Gasteiger partial charge in [-0.05, 0) is 33.8 Å². The van der Waals surface area contributed by atoms with Gasteiger partial charge in [-0.3, -0.25) is 10.1 Å². The van der Waals surface area contributed by atoms with Crippen LogP contribution in [0.3, 0.4) is 0 Å². The molecule has 0 saturated carbocycles. The summed E-state index contributed by atoms with van der Waals surface area (Å²) in [5, 5.41) is 11.4. The van der Waals surface area contributed by atoms with E-state index in [1.54, 1.807) is 18.7 Å². The predicted molar refractivity (Wildman–Crippen MR) is 82.2 cm³/mol. The van der Waals surface area contributed by atoms with E-state index in [4.69, 9.17) is 16.3 Å². The monoisotopic (exact) mass is 314 g/mol. The van der Waals surface area contributed by atoms with E-state index in [0.29, 0.717) is 18.8 Å². The van der Waals surface area contributed by atoms with Gasteiger partial charge in [-0.1, -0.05) is 11.6 Å². The Kier molecular flexibility index (Phi) is 5.96. The molecule has 0 aromatic heterocycles. The van der Waals surface area contributed by atoms with Gasteiger partial charge in [0.05, 0.1) is 21.6 Å². The van der Waals surface area contributed by atoms with Gasteiger partial charge in [0, 0.05) is 19.2 Å². The second-order valence-corrected chi connectivity index (χ2v) is 5.12. The lowest BCUT2D eigenvalue weighted by Crippen LogP contribution is -2.23. The fourth-order valence-corrected chi connectivity index (χ4v) is 2.31. The molecule has 0 aliphatic carbocycles. The molecule has 0 unspecified atom stereocenters. The second kappa shape index (κ2) is 7.26. The van der Waals surface area contributed by atoms with Gasteiger partial charge >= 0.3 is 5.97 Å². The Hall–Kier alpha value is -1.82. The maximum absolute atomic E-state index is 11.9. The van der Waals surface area contributed by atoms with Crippen LogP contribution in [-0.4, -0.2) is 30.1 Å². The SMILES string of the molecule is CCN(CC)c1c(Cl)cc(C(=O)OC(C)C)cc1[N+](=O)[O-]. The number of benzene rings is 1. The molecule has 0 heterocycles. The summed E-state index contributed by atoms with van der Waals surface area (Å²) in [5.74, 6) is -0.624. The van der Waals surface area contributed by atoms with Crippen molar-refractivity contribution in [1.29, 1.82) is 0 Å². The number of carbonyl (C=O) groups excluding carboxylic acids is 1. The second-order valence-electron chi connectivity index (χ2n) is 4.71. The first-order chi connectivity index (χ1) is 9.81. The third-order valence-corrected chi connectivity index (χ3v) is 3.19. The third-order valence-electron chi connectivity index (χ3n) is 2.90. The quantitative estimate of drug-likeness (QED) is 0.455. The first-order valence-electron chi connectivity index (χ1n) is 6.75. The van der Waals surface area contributed by atoms with Gasteiger partial charge in [0.1, 0.15) is 5.69 Å². The maximum Gasteiger partial charge on any atom is 0.338 e. The van der Waals surface area contributed by atoms with Crippen molar-refractivity contribution in [2.75, 3.05) is 18.0 Å². The molecule has 0 fully saturated rings. The molecule has 0 radical (unpaired) electrons. The molecule has 0 amide bonds. The van der Waals surface area contributed by atoms with Crippen molar-refractivity contribution < 1.29 is 14.5 Å². The molecule has 0 bridgehead atoms. The zero-order chi connectivity index (χ0) is 16.2. The highest BCUT2D eigenvalue weighted by atomic mass is 35.5. The van der Waals surface area contributed by atoms with Crippen LogP contribution in [-0.2, 0) is 4.74 Å². The van der Waals surface area contributed by atoms with Crippen LogP contribution in [0.15, 0.2) is 12.1 Å². The standard InChI is InChI=1S/C14H19ClN2O4/c1-5-16(6-2)13-11(15)7-10(8-12(13)17(19)20)14(18)21-9(3)4/h7-9H,5-6H2,1-4H3. The number of nitrogens with zero attached hydrogens (tertiary/aromatic N) is 2. The number of rotatable bonds is 6. The number of nitro benzene ring substituents is 1. The lowest BCUT2D eigenvalue weighted by Gasteiger charge is -2.22. The minimum atomic E-state index is -0.624. The predicted octanol–water partition coefficient (Wildman–Crippen LogP) is 3.66. The Balaban J connectivity index is 3.37. The van der Waals surface area contributed by atoms with Gasteiger partial charge < -0.3 is 9.64 Å². The average molecular weight is 315 g/mol. The Morgan fingerprint density at radius 1 is 1.38 bits per heavy atom. The lowest BCUT2D eigenvalue weighted by molar-refractivity contribution is -0.384. The van der Waals surface area contributed by atoms with E-state index >= 15 is 0 Å². The molecular weight excluding hydrogens is 296 g/mol. The lowest BCUT2D eigenvalue weighted by atomic mass is 10.1. The minimum Gasteiger partial charge on any atom is -0.459 e. The summed E-state index contributed by atoms with van der Waals surface area (Å²) in [6, 6.07) is 2.62. The number of ether oxygens (including phenoxy) is 1. The molecule has 0 atom stereocenters. The van der Waals surface area contributed by atoms with E-state index in [1.807, 2.05) is 13.8 Å². The molecule has 21 heavy (non-hydrogen) atoms. The highest BCUT2D eigenvalue weighted by Crippen LogP contribution is 2.37. The van der Waals surface area contributed by atoms with Crippen LogP contribution in [0.5, 0.6) is 0 Å². The summed E-state index contributed by atoms with van der Waals surface area (Å²) in [6.07, 6.45) is -0.308. The van der Waals surface area contributed by atoms with Crippen molar-refractivity contribution in [3.63, 3.8) is 0 Å². The van der Waals surface area contributed by atoms with Crippen LogP contribution in [0.25, 0.3) is 0 Å². The summed E-state index contributed by atoms with van der Waals surface area (Å²) in [4.78, 5) is 24.4. The van der Waals surface area contributed by atoms with Crippen LogP contribution in [0.4, 0.5) is 11.4 Å². The first kappa shape index (κ1) is 17.2. The minimum absolute atomic E-state index is 0.0799. The van der Waals surface area contributed by atoms with Gasteiger partial charge in [0.25, 0.3) is 5.69 Å². The molecule has 116 valence electrons. The molecule has 6 nitrogen and oxygen atoms in total. The normalized spacial score (nSPS) is 10.6. The fourth-order valence-electron chi connectivity index (χ4n) is 1.98. The number of nitro groups is 1. The van der Waals surface area contributed by atoms with E-state index in [0.717, 1.165) is 0 Å². The molecule has 1 aromatic carbocycles. The van der Waals surface area contributed by atoms with E-state index in [2.05, 4.69) is 0 Å². The van der Waals surface area contributed by atoms with Crippen LogP contribution in [0.2, 0.25) is 5.02 Å². The number of anilines is 1. The van der Waals surface area contributed by atoms with Gasteiger partial charge in [0.15, 0.2) is 0 Å². The van der Waals surface area contributed by atoms with Crippen molar-refractivity contribution >= 4 is 28.9 Å². The molecule has 0 aliphatic heterocycles. The van der Waals surface area contributed by atoms with Gasteiger partial charge in [-0.25, -0.2) is 4.79 Å².